The summed E-state index contributed by atoms with van der Waals surface area (Å²) in [5.41, 5.74) is -0.204. The van der Waals surface area contributed by atoms with Crippen molar-refractivity contribution < 1.29 is 29.5 Å². The van der Waals surface area contributed by atoms with E-state index < -0.39 is 42.1 Å². The lowest BCUT2D eigenvalue weighted by atomic mass is 10.1. The lowest BCUT2D eigenvalue weighted by Gasteiger charge is -2.25. The van der Waals surface area contributed by atoms with Crippen molar-refractivity contribution in [3.8, 4) is 0 Å². The van der Waals surface area contributed by atoms with E-state index in [2.05, 4.69) is 4.98 Å². The molecule has 3 rings (SSSR count). The van der Waals surface area contributed by atoms with Crippen molar-refractivity contribution in [2.45, 2.75) is 63.8 Å². The average Bonchev–Trinajstić information content (AvgIpc) is 2.99. The zero-order valence-corrected chi connectivity index (χ0v) is 13.7. The molecule has 1 unspecified atom stereocenters. The van der Waals surface area contributed by atoms with Gasteiger partial charge in [-0.05, 0) is 20.8 Å². The van der Waals surface area contributed by atoms with E-state index in [1.165, 1.54) is 17.7 Å². The number of fused-ring (bicyclic) bond motifs is 1. The molecule has 5 atom stereocenters. The van der Waals surface area contributed by atoms with E-state index in [9.17, 15) is 20.1 Å². The van der Waals surface area contributed by atoms with Gasteiger partial charge in [-0.2, -0.15) is 4.98 Å². The van der Waals surface area contributed by atoms with Gasteiger partial charge in [0, 0.05) is 11.8 Å². The Kier molecular flexibility index (Phi) is 4.49. The third kappa shape index (κ3) is 2.87. The van der Waals surface area contributed by atoms with Crippen molar-refractivity contribution in [3.63, 3.8) is 0 Å². The lowest BCUT2D eigenvalue weighted by Crippen LogP contribution is -2.36. The van der Waals surface area contributed by atoms with E-state index in [0.29, 0.717) is 5.56 Å². The second-order valence-corrected chi connectivity index (χ2v) is 6.49. The first-order chi connectivity index (χ1) is 11.3. The van der Waals surface area contributed by atoms with E-state index >= 15 is 0 Å². The Labute approximate surface area is 138 Å². The number of nitrogens with zero attached hydrogens (tertiary/aromatic N) is 2. The fourth-order valence-corrected chi connectivity index (χ4v) is 3.22. The molecule has 3 heterocycles. The first kappa shape index (κ1) is 17.5. The number of hydrogen-bond donors (Lipinski definition) is 3. The average molecular weight is 342 g/mol. The molecule has 0 aromatic carbocycles. The monoisotopic (exact) mass is 342 g/mol. The van der Waals surface area contributed by atoms with Gasteiger partial charge in [0.1, 0.15) is 18.3 Å². The third-order valence-corrected chi connectivity index (χ3v) is 4.21. The Morgan fingerprint density at radius 2 is 2.00 bits per heavy atom. The molecule has 0 bridgehead atoms. The maximum Gasteiger partial charge on any atom is 0.350 e. The van der Waals surface area contributed by atoms with Gasteiger partial charge in [-0.3, -0.25) is 4.57 Å². The lowest BCUT2D eigenvalue weighted by molar-refractivity contribution is -0.200. The predicted molar refractivity (Wildman–Crippen MR) is 79.9 cm³/mol. The summed E-state index contributed by atoms with van der Waals surface area (Å²) in [6.45, 7) is 4.28. The van der Waals surface area contributed by atoms with Gasteiger partial charge in [-0.15, -0.1) is 0 Å². The van der Waals surface area contributed by atoms with Gasteiger partial charge in [-0.25, -0.2) is 4.79 Å². The number of rotatable bonds is 4. The summed E-state index contributed by atoms with van der Waals surface area (Å²) >= 11 is 0. The van der Waals surface area contributed by atoms with Crippen molar-refractivity contribution in [2.75, 3.05) is 6.61 Å². The molecule has 134 valence electrons. The maximum atomic E-state index is 12.4. The maximum absolute atomic E-state index is 12.4. The summed E-state index contributed by atoms with van der Waals surface area (Å²) in [7, 11) is 0. The quantitative estimate of drug-likeness (QED) is 0.650. The summed E-state index contributed by atoms with van der Waals surface area (Å²) in [5, 5.41) is 28.7. The van der Waals surface area contributed by atoms with Crippen molar-refractivity contribution in [1.82, 2.24) is 9.55 Å². The smallest absolute Gasteiger partial charge is 0.350 e. The van der Waals surface area contributed by atoms with Gasteiger partial charge < -0.3 is 29.5 Å². The second kappa shape index (κ2) is 6.17. The van der Waals surface area contributed by atoms with Crippen molar-refractivity contribution in [2.24, 2.45) is 0 Å². The van der Waals surface area contributed by atoms with Crippen LogP contribution in [0.3, 0.4) is 0 Å². The van der Waals surface area contributed by atoms with Crippen LogP contribution in [0.2, 0.25) is 0 Å². The Morgan fingerprint density at radius 1 is 1.33 bits per heavy atom. The van der Waals surface area contributed by atoms with E-state index in [-0.39, 0.29) is 18.9 Å². The first-order valence-electron chi connectivity index (χ1n) is 7.80. The third-order valence-electron chi connectivity index (χ3n) is 4.21. The topological polar surface area (TPSA) is 123 Å². The van der Waals surface area contributed by atoms with Gasteiger partial charge in [0.05, 0.1) is 25.0 Å². The predicted octanol–water partition coefficient (Wildman–Crippen LogP) is -0.801. The summed E-state index contributed by atoms with van der Waals surface area (Å²) in [6.07, 6.45) is -2.18. The van der Waals surface area contributed by atoms with E-state index in [0.717, 1.165) is 0 Å². The highest BCUT2D eigenvalue weighted by atomic mass is 16.8. The van der Waals surface area contributed by atoms with Crippen LogP contribution in [0, 0.1) is 0 Å². The molecular weight excluding hydrogens is 320 g/mol. The molecule has 0 spiro atoms. The van der Waals surface area contributed by atoms with Crippen molar-refractivity contribution >= 4 is 0 Å². The van der Waals surface area contributed by atoms with Gasteiger partial charge in [0.25, 0.3) is 0 Å². The molecule has 3 N–H and O–H groups in total. The highest BCUT2D eigenvalue weighted by molar-refractivity contribution is 5.18. The summed E-state index contributed by atoms with van der Waals surface area (Å²) in [4.78, 5) is 16.2. The highest BCUT2D eigenvalue weighted by Crippen LogP contribution is 2.42. The number of aromatic nitrogens is 2. The minimum absolute atomic E-state index is 0.121. The number of aliphatic hydroxyl groups is 3. The van der Waals surface area contributed by atoms with Gasteiger partial charge in [0.2, 0.25) is 0 Å². The molecule has 0 aliphatic carbocycles. The normalized spacial score (nSPS) is 32.8. The van der Waals surface area contributed by atoms with Gasteiger partial charge in [-0.1, -0.05) is 0 Å². The van der Waals surface area contributed by atoms with E-state index in [1.807, 2.05) is 0 Å². The minimum atomic E-state index is -0.984. The number of ether oxygens (including phenoxy) is 3. The van der Waals surface area contributed by atoms with Crippen LogP contribution in [-0.2, 0) is 20.8 Å². The molecule has 9 heteroatoms. The molecule has 2 aliphatic heterocycles. The highest BCUT2D eigenvalue weighted by Gasteiger charge is 2.55. The molecule has 2 saturated heterocycles. The zero-order chi connectivity index (χ0) is 17.6. The molecule has 1 aromatic rings. The van der Waals surface area contributed by atoms with Crippen LogP contribution >= 0.6 is 0 Å². The SMILES string of the molecule is CC(O)c1nc(=O)n([C@@H]2O[C@H](CO)[C@H]3OC(C)(C)O[C@H]32)cc1CO. The van der Waals surface area contributed by atoms with Crippen molar-refractivity contribution in [3.05, 3.63) is 27.9 Å². The van der Waals surface area contributed by atoms with Gasteiger partial charge in [0.15, 0.2) is 12.0 Å². The van der Waals surface area contributed by atoms with Gasteiger partial charge >= 0.3 is 5.69 Å². The Balaban J connectivity index is 2.01. The molecule has 0 radical (unpaired) electrons. The molecule has 24 heavy (non-hydrogen) atoms. The molecule has 9 nitrogen and oxygen atoms in total. The number of aliphatic hydroxyl groups excluding tert-OH is 3. The largest absolute Gasteiger partial charge is 0.394 e. The summed E-state index contributed by atoms with van der Waals surface area (Å²) < 4.78 is 18.5. The van der Waals surface area contributed by atoms with Crippen LogP contribution in [-0.4, -0.2) is 55.6 Å². The fraction of sp³-hybridized carbons (Fsp3) is 0.733. The van der Waals surface area contributed by atoms with Crippen LogP contribution in [0.1, 0.15) is 44.4 Å². The Morgan fingerprint density at radius 3 is 2.58 bits per heavy atom. The van der Waals surface area contributed by atoms with Crippen LogP contribution in [0.15, 0.2) is 11.0 Å². The Bertz CT molecular complexity index is 672. The standard InChI is InChI=1S/C15H22N2O7/c1-7(20)10-8(5-18)4-17(14(21)16-10)13-12-11(9(6-19)22-13)23-15(2,3)24-12/h4,7,9,11-13,18-20H,5-6H2,1-3H3/t7?,9-,11-,12-,13-/m1/s1. The molecule has 2 aliphatic rings. The molecule has 2 fully saturated rings. The van der Waals surface area contributed by atoms with Crippen molar-refractivity contribution in [1.29, 1.82) is 0 Å². The van der Waals surface area contributed by atoms with E-state index in [4.69, 9.17) is 14.2 Å². The van der Waals surface area contributed by atoms with E-state index in [1.54, 1.807) is 13.8 Å². The van der Waals surface area contributed by atoms with Crippen LogP contribution in [0.5, 0.6) is 0 Å². The second-order valence-electron chi connectivity index (χ2n) is 6.49. The fourth-order valence-electron chi connectivity index (χ4n) is 3.22. The van der Waals surface area contributed by atoms with Crippen LogP contribution in [0.25, 0.3) is 0 Å². The molecular formula is C15H22N2O7. The summed E-state index contributed by atoms with van der Waals surface area (Å²) in [6, 6.07) is 0. The number of hydrogen-bond acceptors (Lipinski definition) is 8. The van der Waals surface area contributed by atoms with Crippen LogP contribution in [0.4, 0.5) is 0 Å². The van der Waals surface area contributed by atoms with Crippen LogP contribution < -0.4 is 5.69 Å². The minimum Gasteiger partial charge on any atom is -0.394 e. The summed E-state index contributed by atoms with van der Waals surface area (Å²) in [5.74, 6) is -0.860. The first-order valence-corrected chi connectivity index (χ1v) is 7.80. The molecule has 0 amide bonds. The molecule has 0 saturated carbocycles. The Hall–Kier alpha value is -1.36. The molecule has 1 aromatic heterocycles. The zero-order valence-electron chi connectivity index (χ0n) is 13.7.